The van der Waals surface area contributed by atoms with Gasteiger partial charge < -0.3 is 25.6 Å². The predicted octanol–water partition coefficient (Wildman–Crippen LogP) is 3.76. The standard InChI is InChI=1S/C29H24F4N4O5/c1-27(26(34)39)14-42-24-20(27)11-22(37-23(24)15-3-5-18(30)6-4-15)28(40,29(31,32)33)13-36-25(38)17-9-16-7-8-35-12-19(16)21(10-17)41-2/h3-12,40H,13-14H2,1-2H3,(H2,34,39)(H,36,38)/t27-,28?/m0/s1. The molecule has 4 aromatic rings. The van der Waals surface area contributed by atoms with Crippen molar-refractivity contribution in [3.8, 4) is 22.8 Å². The van der Waals surface area contributed by atoms with Crippen LogP contribution in [-0.2, 0) is 15.8 Å². The number of carbonyl (C=O) groups is 2. The van der Waals surface area contributed by atoms with Crippen LogP contribution in [0.25, 0.3) is 22.0 Å². The molecule has 0 saturated heterocycles. The Balaban J connectivity index is 1.59. The number of pyridine rings is 2. The van der Waals surface area contributed by atoms with Crippen LogP contribution in [0.4, 0.5) is 17.6 Å². The van der Waals surface area contributed by atoms with Crippen molar-refractivity contribution in [2.45, 2.75) is 24.1 Å². The maximum Gasteiger partial charge on any atom is 0.424 e. The zero-order valence-corrected chi connectivity index (χ0v) is 22.3. The number of fused-ring (bicyclic) bond motifs is 2. The molecule has 2 aromatic heterocycles. The van der Waals surface area contributed by atoms with E-state index in [9.17, 15) is 32.3 Å². The first-order valence-electron chi connectivity index (χ1n) is 12.5. The second-order valence-electron chi connectivity index (χ2n) is 10.0. The number of halogens is 4. The van der Waals surface area contributed by atoms with E-state index in [2.05, 4.69) is 15.3 Å². The van der Waals surface area contributed by atoms with E-state index in [0.29, 0.717) is 10.8 Å². The van der Waals surface area contributed by atoms with Crippen molar-refractivity contribution in [3.05, 3.63) is 83.6 Å². The zero-order valence-electron chi connectivity index (χ0n) is 22.3. The number of rotatable bonds is 7. The number of methoxy groups -OCH3 is 1. The maximum atomic E-state index is 14.6. The minimum absolute atomic E-state index is 0.0290. The Kier molecular flexibility index (Phi) is 7.01. The zero-order chi connectivity index (χ0) is 30.4. The molecule has 4 N–H and O–H groups in total. The topological polar surface area (TPSA) is 137 Å². The molecule has 0 aliphatic carbocycles. The molecule has 1 unspecified atom stereocenters. The third-order valence-corrected chi connectivity index (χ3v) is 7.33. The molecule has 218 valence electrons. The fourth-order valence-electron chi connectivity index (χ4n) is 4.71. The summed E-state index contributed by atoms with van der Waals surface area (Å²) in [7, 11) is 1.37. The molecule has 0 bridgehead atoms. The number of aliphatic hydroxyl groups is 1. The van der Waals surface area contributed by atoms with Gasteiger partial charge in [-0.2, -0.15) is 13.2 Å². The minimum atomic E-state index is -5.35. The van der Waals surface area contributed by atoms with Crippen LogP contribution in [0.15, 0.2) is 60.9 Å². The van der Waals surface area contributed by atoms with Crippen LogP contribution in [0.5, 0.6) is 11.5 Å². The Bertz CT molecular complexity index is 1710. The van der Waals surface area contributed by atoms with Crippen LogP contribution < -0.4 is 20.5 Å². The molecule has 3 heterocycles. The number of amides is 2. The van der Waals surface area contributed by atoms with Crippen molar-refractivity contribution in [2.75, 3.05) is 20.3 Å². The van der Waals surface area contributed by atoms with Crippen LogP contribution in [0.1, 0.15) is 28.5 Å². The van der Waals surface area contributed by atoms with E-state index in [1.54, 1.807) is 6.07 Å². The normalized spacial score (nSPS) is 17.7. The summed E-state index contributed by atoms with van der Waals surface area (Å²) in [4.78, 5) is 33.5. The van der Waals surface area contributed by atoms with Crippen molar-refractivity contribution < 1.29 is 41.7 Å². The minimum Gasteiger partial charge on any atom is -0.496 e. The summed E-state index contributed by atoms with van der Waals surface area (Å²) in [5, 5.41) is 14.5. The smallest absolute Gasteiger partial charge is 0.424 e. The highest BCUT2D eigenvalue weighted by atomic mass is 19.4. The van der Waals surface area contributed by atoms with Crippen LogP contribution >= 0.6 is 0 Å². The summed E-state index contributed by atoms with van der Waals surface area (Å²) in [6, 6.07) is 9.95. The van der Waals surface area contributed by atoms with Gasteiger partial charge in [0.2, 0.25) is 11.5 Å². The second-order valence-corrected chi connectivity index (χ2v) is 10.0. The Labute approximate surface area is 236 Å². The molecular formula is C29H24F4N4O5. The highest BCUT2D eigenvalue weighted by Gasteiger charge is 2.57. The lowest BCUT2D eigenvalue weighted by molar-refractivity contribution is -0.265. The van der Waals surface area contributed by atoms with E-state index in [-0.39, 0.29) is 40.5 Å². The summed E-state index contributed by atoms with van der Waals surface area (Å²) >= 11 is 0. The van der Waals surface area contributed by atoms with Gasteiger partial charge >= 0.3 is 6.18 Å². The molecule has 9 nitrogen and oxygen atoms in total. The summed E-state index contributed by atoms with van der Waals surface area (Å²) in [5.74, 6) is -2.18. The van der Waals surface area contributed by atoms with E-state index < -0.39 is 47.1 Å². The summed E-state index contributed by atoms with van der Waals surface area (Å²) in [6.45, 7) is -0.247. The monoisotopic (exact) mass is 584 g/mol. The molecule has 0 saturated carbocycles. The van der Waals surface area contributed by atoms with Gasteiger partial charge in [0.15, 0.2) is 0 Å². The fraction of sp³-hybridized carbons (Fsp3) is 0.241. The van der Waals surface area contributed by atoms with Gasteiger partial charge in [-0.25, -0.2) is 9.37 Å². The quantitative estimate of drug-likeness (QED) is 0.282. The number of aromatic nitrogens is 2. The number of primary amides is 1. The Morgan fingerprint density at radius 1 is 1.17 bits per heavy atom. The number of ether oxygens (including phenoxy) is 2. The van der Waals surface area contributed by atoms with E-state index in [0.717, 1.165) is 18.2 Å². The van der Waals surface area contributed by atoms with Gasteiger partial charge in [-0.3, -0.25) is 14.6 Å². The molecule has 0 spiro atoms. The lowest BCUT2D eigenvalue weighted by atomic mass is 9.81. The number of nitrogens with zero attached hydrogens (tertiary/aromatic N) is 2. The first kappa shape index (κ1) is 28.7. The number of nitrogens with one attached hydrogen (secondary N) is 1. The Morgan fingerprint density at radius 3 is 2.52 bits per heavy atom. The van der Waals surface area contributed by atoms with Crippen molar-refractivity contribution in [1.29, 1.82) is 0 Å². The largest absolute Gasteiger partial charge is 0.496 e. The van der Waals surface area contributed by atoms with Gasteiger partial charge in [-0.15, -0.1) is 0 Å². The lowest BCUT2D eigenvalue weighted by Crippen LogP contribution is -2.51. The second kappa shape index (κ2) is 10.2. The lowest BCUT2D eigenvalue weighted by Gasteiger charge is -2.31. The van der Waals surface area contributed by atoms with Gasteiger partial charge in [0.25, 0.3) is 5.91 Å². The van der Waals surface area contributed by atoms with Crippen molar-refractivity contribution in [2.24, 2.45) is 5.73 Å². The van der Waals surface area contributed by atoms with Crippen LogP contribution in [0, 0.1) is 5.82 Å². The van der Waals surface area contributed by atoms with E-state index in [4.69, 9.17) is 15.2 Å². The molecule has 2 aromatic carbocycles. The predicted molar refractivity (Wildman–Crippen MR) is 142 cm³/mol. The number of carbonyl (C=O) groups excluding carboxylic acids is 2. The summed E-state index contributed by atoms with van der Waals surface area (Å²) in [6.07, 6.45) is -2.36. The van der Waals surface area contributed by atoms with Gasteiger partial charge in [0.05, 0.1) is 19.3 Å². The highest BCUT2D eigenvalue weighted by molar-refractivity contribution is 6.00. The third kappa shape index (κ3) is 4.75. The molecule has 1 aliphatic heterocycles. The van der Waals surface area contributed by atoms with Gasteiger partial charge in [-0.1, -0.05) is 0 Å². The average molecular weight is 585 g/mol. The molecule has 0 radical (unpaired) electrons. The number of hydrogen-bond donors (Lipinski definition) is 3. The molecule has 13 heteroatoms. The number of nitrogens with two attached hydrogens (primary N) is 1. The molecule has 2 atom stereocenters. The summed E-state index contributed by atoms with van der Waals surface area (Å²) in [5.41, 5.74) is -0.706. The average Bonchev–Trinajstić information content (AvgIpc) is 3.32. The van der Waals surface area contributed by atoms with E-state index in [1.807, 2.05) is 0 Å². The fourth-order valence-corrected chi connectivity index (χ4v) is 4.71. The van der Waals surface area contributed by atoms with Crippen LogP contribution in [-0.4, -0.2) is 53.3 Å². The van der Waals surface area contributed by atoms with Gasteiger partial charge in [0, 0.05) is 34.5 Å². The van der Waals surface area contributed by atoms with Crippen molar-refractivity contribution >= 4 is 22.6 Å². The molecule has 0 fully saturated rings. The van der Waals surface area contributed by atoms with E-state index in [1.165, 1.54) is 50.7 Å². The van der Waals surface area contributed by atoms with Gasteiger partial charge in [-0.05, 0) is 60.8 Å². The molecule has 5 rings (SSSR count). The number of benzene rings is 2. The SMILES string of the molecule is COc1cc(C(=O)NCC(O)(c2cc3c(c(-c4ccc(F)cc4)n2)OC[C@]3(C)C(N)=O)C(F)(F)F)cc2ccncc12. The maximum absolute atomic E-state index is 14.6. The third-order valence-electron chi connectivity index (χ3n) is 7.33. The molecule has 2 amide bonds. The number of hydrogen-bond acceptors (Lipinski definition) is 7. The van der Waals surface area contributed by atoms with Crippen LogP contribution in [0.3, 0.4) is 0 Å². The molecule has 42 heavy (non-hydrogen) atoms. The first-order chi connectivity index (χ1) is 19.8. The van der Waals surface area contributed by atoms with Crippen LogP contribution in [0.2, 0.25) is 0 Å². The molecular weight excluding hydrogens is 560 g/mol. The van der Waals surface area contributed by atoms with Crippen molar-refractivity contribution in [3.63, 3.8) is 0 Å². The van der Waals surface area contributed by atoms with Gasteiger partial charge in [0.1, 0.15) is 35.0 Å². The Hall–Kier alpha value is -4.78. The summed E-state index contributed by atoms with van der Waals surface area (Å²) < 4.78 is 68.4. The van der Waals surface area contributed by atoms with E-state index >= 15 is 0 Å². The Morgan fingerprint density at radius 2 is 1.88 bits per heavy atom. The van der Waals surface area contributed by atoms with Crippen molar-refractivity contribution in [1.82, 2.24) is 15.3 Å². The highest BCUT2D eigenvalue weighted by Crippen LogP contribution is 2.47. The number of alkyl halides is 3. The molecule has 1 aliphatic rings. The first-order valence-corrected chi connectivity index (χ1v) is 12.5.